The average Bonchev–Trinajstić information content (AvgIpc) is 2.76. The van der Waals surface area contributed by atoms with E-state index in [2.05, 4.69) is 41.8 Å². The van der Waals surface area contributed by atoms with Crippen molar-refractivity contribution in [2.45, 2.75) is 31.8 Å². The number of thioether (sulfide) groups is 1. The highest BCUT2D eigenvalue weighted by atomic mass is 32.2. The van der Waals surface area contributed by atoms with Gasteiger partial charge in [0, 0.05) is 11.7 Å². The molecule has 1 aromatic carbocycles. The first-order valence-electron chi connectivity index (χ1n) is 6.36. The highest BCUT2D eigenvalue weighted by Gasteiger charge is 2.22. The smallest absolute Gasteiger partial charge is 0.0603 e. The Morgan fingerprint density at radius 2 is 2.06 bits per heavy atom. The van der Waals surface area contributed by atoms with Gasteiger partial charge in [-0.15, -0.1) is 11.8 Å². The Morgan fingerprint density at radius 1 is 1.24 bits per heavy atom. The quantitative estimate of drug-likeness (QED) is 0.803. The third-order valence-corrected chi connectivity index (χ3v) is 4.09. The number of hydrogen-bond acceptors (Lipinski definition) is 2. The molecule has 1 N–H and O–H groups in total. The molecule has 0 bridgehead atoms. The molecule has 1 fully saturated rings. The molecule has 1 aromatic rings. The van der Waals surface area contributed by atoms with E-state index in [-0.39, 0.29) is 6.10 Å². The zero-order chi connectivity index (χ0) is 11.9. The molecule has 1 nitrogen and oxygen atoms in total. The molecular weight excluding hydrogens is 228 g/mol. The van der Waals surface area contributed by atoms with E-state index < -0.39 is 0 Å². The van der Waals surface area contributed by atoms with Crippen molar-refractivity contribution in [2.24, 2.45) is 5.92 Å². The first kappa shape index (κ1) is 12.7. The lowest BCUT2D eigenvalue weighted by Gasteiger charge is -2.07. The molecule has 0 heterocycles. The molecule has 1 unspecified atom stereocenters. The average molecular weight is 248 g/mol. The highest BCUT2D eigenvalue weighted by Crippen LogP contribution is 2.27. The summed E-state index contributed by atoms with van der Waals surface area (Å²) < 4.78 is 0. The SMILES string of the molecule is O[C@@H]1CCCC1/C=C/SCCc1ccccc1. The third-order valence-electron chi connectivity index (χ3n) is 3.30. The Balaban J connectivity index is 1.64. The van der Waals surface area contributed by atoms with Gasteiger partial charge in [-0.2, -0.15) is 0 Å². The summed E-state index contributed by atoms with van der Waals surface area (Å²) in [5.41, 5.74) is 1.40. The van der Waals surface area contributed by atoms with Crippen molar-refractivity contribution in [3.63, 3.8) is 0 Å². The van der Waals surface area contributed by atoms with Crippen LogP contribution in [0.3, 0.4) is 0 Å². The van der Waals surface area contributed by atoms with Gasteiger partial charge in [-0.25, -0.2) is 0 Å². The second-order valence-corrected chi connectivity index (χ2v) is 5.61. The molecule has 92 valence electrons. The second kappa shape index (κ2) is 6.87. The molecule has 0 radical (unpaired) electrons. The normalized spacial score (nSPS) is 24.5. The summed E-state index contributed by atoms with van der Waals surface area (Å²) in [5.74, 6) is 1.52. The fourth-order valence-corrected chi connectivity index (χ4v) is 3.04. The fraction of sp³-hybridized carbons (Fsp3) is 0.467. The predicted molar refractivity (Wildman–Crippen MR) is 75.1 cm³/mol. The number of aryl methyl sites for hydroxylation is 1. The lowest BCUT2D eigenvalue weighted by Crippen LogP contribution is -2.09. The number of hydrogen-bond donors (Lipinski definition) is 1. The van der Waals surface area contributed by atoms with Crippen molar-refractivity contribution in [3.8, 4) is 0 Å². The van der Waals surface area contributed by atoms with Gasteiger partial charge < -0.3 is 5.11 Å². The van der Waals surface area contributed by atoms with Crippen LogP contribution in [0.4, 0.5) is 0 Å². The van der Waals surface area contributed by atoms with Crippen molar-refractivity contribution in [2.75, 3.05) is 5.75 Å². The van der Waals surface area contributed by atoms with Gasteiger partial charge in [0.15, 0.2) is 0 Å². The van der Waals surface area contributed by atoms with Crippen molar-refractivity contribution >= 4 is 11.8 Å². The zero-order valence-corrected chi connectivity index (χ0v) is 10.9. The van der Waals surface area contributed by atoms with Crippen LogP contribution in [0, 0.1) is 5.92 Å². The largest absolute Gasteiger partial charge is 0.393 e. The van der Waals surface area contributed by atoms with Crippen LogP contribution in [-0.4, -0.2) is 17.0 Å². The van der Waals surface area contributed by atoms with Crippen LogP contribution >= 0.6 is 11.8 Å². The Morgan fingerprint density at radius 3 is 2.76 bits per heavy atom. The van der Waals surface area contributed by atoms with Crippen LogP contribution < -0.4 is 0 Å². The Bertz CT molecular complexity index is 347. The van der Waals surface area contributed by atoms with E-state index in [0.29, 0.717) is 5.92 Å². The first-order valence-corrected chi connectivity index (χ1v) is 7.41. The minimum atomic E-state index is -0.0963. The van der Waals surface area contributed by atoms with Gasteiger partial charge in [0.05, 0.1) is 6.10 Å². The van der Waals surface area contributed by atoms with Crippen LogP contribution in [0.2, 0.25) is 0 Å². The van der Waals surface area contributed by atoms with Gasteiger partial charge in [-0.3, -0.25) is 0 Å². The summed E-state index contributed by atoms with van der Waals surface area (Å²) >= 11 is 1.85. The zero-order valence-electron chi connectivity index (χ0n) is 10.1. The molecule has 2 heteroatoms. The Hall–Kier alpha value is -0.730. The predicted octanol–water partition coefficient (Wildman–Crippen LogP) is 3.64. The van der Waals surface area contributed by atoms with E-state index in [0.717, 1.165) is 25.0 Å². The van der Waals surface area contributed by atoms with Crippen LogP contribution in [-0.2, 0) is 6.42 Å². The monoisotopic (exact) mass is 248 g/mol. The lowest BCUT2D eigenvalue weighted by molar-refractivity contribution is 0.153. The summed E-state index contributed by atoms with van der Waals surface area (Å²) in [6, 6.07) is 10.6. The fourth-order valence-electron chi connectivity index (χ4n) is 2.24. The maximum Gasteiger partial charge on any atom is 0.0603 e. The highest BCUT2D eigenvalue weighted by molar-refractivity contribution is 8.02. The van der Waals surface area contributed by atoms with Crippen molar-refractivity contribution in [1.29, 1.82) is 0 Å². The van der Waals surface area contributed by atoms with Crippen molar-refractivity contribution < 1.29 is 5.11 Å². The minimum Gasteiger partial charge on any atom is -0.393 e. The number of rotatable bonds is 5. The summed E-state index contributed by atoms with van der Waals surface area (Å²) in [6.45, 7) is 0. The van der Waals surface area contributed by atoms with E-state index in [1.807, 2.05) is 11.8 Å². The standard InChI is InChI=1S/C15H20OS/c16-15-8-4-7-14(15)10-12-17-11-9-13-5-2-1-3-6-13/h1-3,5-6,10,12,14-16H,4,7-9,11H2/b12-10+/t14?,15-/m1/s1. The Labute approximate surface area is 108 Å². The molecule has 1 aliphatic carbocycles. The maximum absolute atomic E-state index is 9.66. The number of aliphatic hydroxyl groups is 1. The maximum atomic E-state index is 9.66. The molecule has 2 rings (SSSR count). The Kier molecular flexibility index (Phi) is 5.14. The second-order valence-electron chi connectivity index (χ2n) is 4.60. The summed E-state index contributed by atoms with van der Waals surface area (Å²) in [7, 11) is 0. The van der Waals surface area contributed by atoms with Gasteiger partial charge in [0.1, 0.15) is 0 Å². The topological polar surface area (TPSA) is 20.2 Å². The molecule has 0 saturated heterocycles. The molecule has 17 heavy (non-hydrogen) atoms. The molecule has 2 atom stereocenters. The lowest BCUT2D eigenvalue weighted by atomic mass is 10.1. The van der Waals surface area contributed by atoms with Crippen LogP contribution in [0.15, 0.2) is 41.8 Å². The van der Waals surface area contributed by atoms with E-state index in [9.17, 15) is 5.11 Å². The van der Waals surface area contributed by atoms with E-state index in [4.69, 9.17) is 0 Å². The van der Waals surface area contributed by atoms with Crippen molar-refractivity contribution in [1.82, 2.24) is 0 Å². The van der Waals surface area contributed by atoms with E-state index in [1.54, 1.807) is 0 Å². The van der Waals surface area contributed by atoms with Gasteiger partial charge in [0.25, 0.3) is 0 Å². The van der Waals surface area contributed by atoms with Crippen LogP contribution in [0.5, 0.6) is 0 Å². The number of benzene rings is 1. The molecule has 0 aromatic heterocycles. The summed E-state index contributed by atoms with van der Waals surface area (Å²) in [4.78, 5) is 0. The molecule has 1 saturated carbocycles. The van der Waals surface area contributed by atoms with Gasteiger partial charge in [-0.1, -0.05) is 42.8 Å². The van der Waals surface area contributed by atoms with Crippen LogP contribution in [0.25, 0.3) is 0 Å². The summed E-state index contributed by atoms with van der Waals surface area (Å²) in [5, 5.41) is 11.8. The van der Waals surface area contributed by atoms with Gasteiger partial charge in [-0.05, 0) is 30.2 Å². The van der Waals surface area contributed by atoms with Crippen LogP contribution in [0.1, 0.15) is 24.8 Å². The summed E-state index contributed by atoms with van der Waals surface area (Å²) in [6.07, 6.45) is 6.50. The molecule has 1 aliphatic rings. The van der Waals surface area contributed by atoms with Gasteiger partial charge in [0.2, 0.25) is 0 Å². The third kappa shape index (κ3) is 4.21. The number of aliphatic hydroxyl groups excluding tert-OH is 1. The van der Waals surface area contributed by atoms with E-state index >= 15 is 0 Å². The minimum absolute atomic E-state index is 0.0963. The van der Waals surface area contributed by atoms with Gasteiger partial charge >= 0.3 is 0 Å². The molecule has 0 aliphatic heterocycles. The molecule has 0 amide bonds. The first-order chi connectivity index (χ1) is 8.36. The molecular formula is C15H20OS. The molecule has 0 spiro atoms. The van der Waals surface area contributed by atoms with E-state index in [1.165, 1.54) is 12.0 Å². The van der Waals surface area contributed by atoms with Crippen molar-refractivity contribution in [3.05, 3.63) is 47.4 Å².